The van der Waals surface area contributed by atoms with Crippen molar-refractivity contribution in [3.8, 4) is 0 Å². The zero-order valence-corrected chi connectivity index (χ0v) is 16.7. The number of thioether (sulfide) groups is 1. The number of hydrogen-bond acceptors (Lipinski definition) is 3. The van der Waals surface area contributed by atoms with Crippen LogP contribution in [0, 0.1) is 13.8 Å². The van der Waals surface area contributed by atoms with Gasteiger partial charge in [-0.15, -0.1) is 0 Å². The Balaban J connectivity index is 1.58. The maximum absolute atomic E-state index is 12.4. The molecule has 1 N–H and O–H groups in total. The van der Waals surface area contributed by atoms with Gasteiger partial charge in [0.15, 0.2) is 5.17 Å². The predicted molar refractivity (Wildman–Crippen MR) is 113 cm³/mol. The van der Waals surface area contributed by atoms with Crippen molar-refractivity contribution >= 4 is 34.6 Å². The van der Waals surface area contributed by atoms with Gasteiger partial charge in [0.1, 0.15) is 0 Å². The molecule has 1 saturated heterocycles. The first-order valence-corrected chi connectivity index (χ1v) is 10.5. The van der Waals surface area contributed by atoms with Gasteiger partial charge in [0.05, 0.1) is 10.6 Å². The second kappa shape index (κ2) is 7.77. The summed E-state index contributed by atoms with van der Waals surface area (Å²) in [5, 5.41) is 3.51. The Morgan fingerprint density at radius 1 is 1.15 bits per heavy atom. The number of nitrogens with zero attached hydrogens (tertiary/aromatic N) is 2. The van der Waals surface area contributed by atoms with Crippen molar-refractivity contribution in [3.05, 3.63) is 58.3 Å². The van der Waals surface area contributed by atoms with Crippen LogP contribution in [0.4, 0.5) is 5.69 Å². The standard InChI is InChI=1S/C22H25N3OS/c1-15-13-17(16(2)25(15)19-11-7-4-8-12-19)14-20-21(26)24-22(27-20)23-18-9-5-3-6-10-18/h3,5-6,9-10,13-14,19H,4,7-8,11-12H2,1-2H3,(H,23,24,26)/b20-14-. The fraction of sp³-hybridized carbons (Fsp3) is 0.364. The van der Waals surface area contributed by atoms with Gasteiger partial charge >= 0.3 is 0 Å². The van der Waals surface area contributed by atoms with Gasteiger partial charge in [-0.25, -0.2) is 4.99 Å². The molecule has 2 fully saturated rings. The monoisotopic (exact) mass is 379 g/mol. The van der Waals surface area contributed by atoms with Crippen LogP contribution in [0.25, 0.3) is 6.08 Å². The third-order valence-electron chi connectivity index (χ3n) is 5.39. The zero-order valence-electron chi connectivity index (χ0n) is 15.9. The molecule has 2 aliphatic rings. The Morgan fingerprint density at radius 3 is 2.63 bits per heavy atom. The third-order valence-corrected chi connectivity index (χ3v) is 6.30. The van der Waals surface area contributed by atoms with Crippen molar-refractivity contribution in [3.63, 3.8) is 0 Å². The van der Waals surface area contributed by atoms with Crippen LogP contribution in [0.1, 0.15) is 55.1 Å². The Bertz CT molecular complexity index is 905. The molecule has 1 aromatic carbocycles. The van der Waals surface area contributed by atoms with Crippen LogP contribution in [0.2, 0.25) is 0 Å². The number of hydrogen-bond donors (Lipinski definition) is 1. The number of aliphatic imine (C=N–C) groups is 1. The van der Waals surface area contributed by atoms with Crippen LogP contribution in [0.5, 0.6) is 0 Å². The number of amides is 1. The predicted octanol–water partition coefficient (Wildman–Crippen LogP) is 5.50. The number of nitrogens with one attached hydrogen (secondary N) is 1. The highest BCUT2D eigenvalue weighted by molar-refractivity contribution is 8.18. The lowest BCUT2D eigenvalue weighted by Gasteiger charge is -2.26. The van der Waals surface area contributed by atoms with Gasteiger partial charge in [-0.3, -0.25) is 4.79 Å². The largest absolute Gasteiger partial charge is 0.346 e. The Labute approximate surface area is 164 Å². The fourth-order valence-electron chi connectivity index (χ4n) is 4.09. The Kier molecular flexibility index (Phi) is 5.21. The van der Waals surface area contributed by atoms with Crippen molar-refractivity contribution < 1.29 is 4.79 Å². The Hall–Kier alpha value is -2.27. The van der Waals surface area contributed by atoms with Crippen molar-refractivity contribution in [2.75, 3.05) is 0 Å². The second-order valence-corrected chi connectivity index (χ2v) is 8.34. The maximum atomic E-state index is 12.4. The van der Waals surface area contributed by atoms with E-state index in [1.807, 2.05) is 36.4 Å². The molecule has 1 saturated carbocycles. The molecule has 4 nitrogen and oxygen atoms in total. The summed E-state index contributed by atoms with van der Waals surface area (Å²) in [4.78, 5) is 17.6. The van der Waals surface area contributed by atoms with Gasteiger partial charge < -0.3 is 9.88 Å². The smallest absolute Gasteiger partial charge is 0.264 e. The first-order chi connectivity index (χ1) is 13.1. The van der Waals surface area contributed by atoms with E-state index in [0.717, 1.165) is 11.3 Å². The van der Waals surface area contributed by atoms with Gasteiger partial charge in [0.2, 0.25) is 0 Å². The molecule has 0 radical (unpaired) electrons. The number of carbonyl (C=O) groups is 1. The van der Waals surface area contributed by atoms with Gasteiger partial charge in [-0.2, -0.15) is 0 Å². The molecule has 0 bridgehead atoms. The lowest BCUT2D eigenvalue weighted by Crippen LogP contribution is -2.19. The molecule has 0 unspecified atom stereocenters. The summed E-state index contributed by atoms with van der Waals surface area (Å²) in [7, 11) is 0. The highest BCUT2D eigenvalue weighted by Crippen LogP contribution is 2.34. The summed E-state index contributed by atoms with van der Waals surface area (Å²) in [6.07, 6.45) is 8.51. The summed E-state index contributed by atoms with van der Waals surface area (Å²) < 4.78 is 2.47. The second-order valence-electron chi connectivity index (χ2n) is 7.31. The van der Waals surface area contributed by atoms with Crippen molar-refractivity contribution in [1.82, 2.24) is 9.88 Å². The van der Waals surface area contributed by atoms with E-state index in [0.29, 0.717) is 16.1 Å². The molecular formula is C22H25N3OS. The molecule has 140 valence electrons. The first-order valence-electron chi connectivity index (χ1n) is 9.65. The topological polar surface area (TPSA) is 46.4 Å². The number of para-hydroxylation sites is 1. The highest BCUT2D eigenvalue weighted by Gasteiger charge is 2.25. The molecule has 2 aromatic rings. The van der Waals surface area contributed by atoms with Crippen LogP contribution in [-0.2, 0) is 4.79 Å². The normalized spacial score (nSPS) is 21.2. The molecule has 1 aliphatic carbocycles. The summed E-state index contributed by atoms with van der Waals surface area (Å²) in [6, 6.07) is 12.5. The average molecular weight is 380 g/mol. The average Bonchev–Trinajstić information content (AvgIpc) is 3.15. The van der Waals surface area contributed by atoms with Crippen LogP contribution in [0.15, 0.2) is 46.3 Å². The van der Waals surface area contributed by atoms with Gasteiger partial charge in [0, 0.05) is 17.4 Å². The number of amidine groups is 1. The molecule has 1 amide bonds. The number of aromatic nitrogens is 1. The van der Waals surface area contributed by atoms with E-state index < -0.39 is 0 Å². The maximum Gasteiger partial charge on any atom is 0.264 e. The highest BCUT2D eigenvalue weighted by atomic mass is 32.2. The number of carbonyl (C=O) groups excluding carboxylic acids is 1. The van der Waals surface area contributed by atoms with Crippen molar-refractivity contribution in [2.45, 2.75) is 52.0 Å². The van der Waals surface area contributed by atoms with Crippen LogP contribution >= 0.6 is 11.8 Å². The summed E-state index contributed by atoms with van der Waals surface area (Å²) in [5.74, 6) is -0.0721. The molecule has 4 rings (SSSR count). The van der Waals surface area contributed by atoms with E-state index in [1.54, 1.807) is 0 Å². The molecule has 2 heterocycles. The summed E-state index contributed by atoms with van der Waals surface area (Å²) >= 11 is 1.41. The van der Waals surface area contributed by atoms with Crippen LogP contribution < -0.4 is 5.32 Å². The molecule has 1 aromatic heterocycles. The van der Waals surface area contributed by atoms with E-state index in [-0.39, 0.29) is 5.91 Å². The van der Waals surface area contributed by atoms with Crippen molar-refractivity contribution in [2.24, 2.45) is 4.99 Å². The minimum absolute atomic E-state index is 0.0721. The van der Waals surface area contributed by atoms with Gasteiger partial charge in [-0.05, 0) is 68.3 Å². The minimum Gasteiger partial charge on any atom is -0.346 e. The van der Waals surface area contributed by atoms with E-state index in [9.17, 15) is 4.79 Å². The first kappa shape index (κ1) is 18.1. The lowest BCUT2D eigenvalue weighted by molar-refractivity contribution is -0.115. The number of benzene rings is 1. The van der Waals surface area contributed by atoms with E-state index in [1.165, 1.54) is 55.3 Å². The minimum atomic E-state index is -0.0721. The quantitative estimate of drug-likeness (QED) is 0.716. The van der Waals surface area contributed by atoms with Crippen molar-refractivity contribution in [1.29, 1.82) is 0 Å². The fourth-order valence-corrected chi connectivity index (χ4v) is 4.92. The molecular weight excluding hydrogens is 354 g/mol. The molecule has 1 aliphatic heterocycles. The van der Waals surface area contributed by atoms with Gasteiger partial charge in [-0.1, -0.05) is 37.5 Å². The summed E-state index contributed by atoms with van der Waals surface area (Å²) in [6.45, 7) is 4.35. The van der Waals surface area contributed by atoms with E-state index >= 15 is 0 Å². The van der Waals surface area contributed by atoms with E-state index in [4.69, 9.17) is 0 Å². The molecule has 0 spiro atoms. The zero-order chi connectivity index (χ0) is 18.8. The molecule has 5 heteroatoms. The number of rotatable bonds is 3. The number of aryl methyl sites for hydroxylation is 1. The van der Waals surface area contributed by atoms with Gasteiger partial charge in [0.25, 0.3) is 5.91 Å². The SMILES string of the molecule is Cc1cc(/C=C2\SC(=Nc3ccccc3)NC2=O)c(C)n1C1CCCCC1. The Morgan fingerprint density at radius 2 is 1.89 bits per heavy atom. The van der Waals surface area contributed by atoms with E-state index in [2.05, 4.69) is 34.8 Å². The molecule has 0 atom stereocenters. The van der Waals surface area contributed by atoms with Crippen LogP contribution in [0.3, 0.4) is 0 Å². The third kappa shape index (κ3) is 3.88. The molecule has 27 heavy (non-hydrogen) atoms. The lowest BCUT2D eigenvalue weighted by atomic mass is 9.95. The van der Waals surface area contributed by atoms with Crippen LogP contribution in [-0.4, -0.2) is 15.6 Å². The summed E-state index contributed by atoms with van der Waals surface area (Å²) in [5.41, 5.74) is 4.52.